The number of benzene rings is 2. The summed E-state index contributed by atoms with van der Waals surface area (Å²) in [7, 11) is 4.12. The molecule has 0 unspecified atom stereocenters. The summed E-state index contributed by atoms with van der Waals surface area (Å²) in [6, 6.07) is 9.53. The fraction of sp³-hybridized carbons (Fsp3) is 0.429. The van der Waals surface area contributed by atoms with Gasteiger partial charge in [0.2, 0.25) is 0 Å². The van der Waals surface area contributed by atoms with Crippen molar-refractivity contribution in [2.45, 2.75) is 26.2 Å². The molecule has 0 radical (unpaired) electrons. The van der Waals surface area contributed by atoms with Gasteiger partial charge in [-0.15, -0.1) is 0 Å². The molecule has 5 heteroatoms. The van der Waals surface area contributed by atoms with Crippen molar-refractivity contribution in [2.24, 2.45) is 0 Å². The van der Waals surface area contributed by atoms with Crippen LogP contribution in [-0.2, 0) is 0 Å². The van der Waals surface area contributed by atoms with Crippen molar-refractivity contribution in [3.63, 3.8) is 0 Å². The second-order valence-electron chi connectivity index (χ2n) is 7.09. The highest BCUT2D eigenvalue weighted by Crippen LogP contribution is 2.34. The van der Waals surface area contributed by atoms with E-state index in [1.54, 1.807) is 0 Å². The van der Waals surface area contributed by atoms with Crippen LogP contribution in [0.25, 0.3) is 10.8 Å². The van der Waals surface area contributed by atoms with E-state index in [0.717, 1.165) is 48.8 Å². The number of hydrogen-bond acceptors (Lipinski definition) is 4. The van der Waals surface area contributed by atoms with Crippen molar-refractivity contribution < 1.29 is 9.59 Å². The molecule has 1 heterocycles. The highest BCUT2D eigenvalue weighted by Gasteiger charge is 2.32. The Hall–Kier alpha value is -2.40. The highest BCUT2D eigenvalue weighted by molar-refractivity contribution is 6.26. The number of amides is 2. The minimum absolute atomic E-state index is 0.175. The van der Waals surface area contributed by atoms with Gasteiger partial charge in [-0.25, -0.2) is 0 Å². The maximum atomic E-state index is 12.8. The molecular formula is C21H27N3O2. The first kappa shape index (κ1) is 18.4. The zero-order chi connectivity index (χ0) is 18.7. The van der Waals surface area contributed by atoms with Gasteiger partial charge in [0.15, 0.2) is 0 Å². The van der Waals surface area contributed by atoms with E-state index < -0.39 is 0 Å². The second kappa shape index (κ2) is 7.87. The third-order valence-electron chi connectivity index (χ3n) is 4.82. The first-order valence-electron chi connectivity index (χ1n) is 9.35. The third-order valence-corrected chi connectivity index (χ3v) is 4.82. The van der Waals surface area contributed by atoms with Crippen LogP contribution < -0.4 is 5.32 Å². The molecule has 1 aliphatic heterocycles. The molecule has 2 aromatic carbocycles. The molecule has 3 rings (SSSR count). The quantitative estimate of drug-likeness (QED) is 0.582. The average molecular weight is 353 g/mol. The molecule has 26 heavy (non-hydrogen) atoms. The Kier molecular flexibility index (Phi) is 5.57. The molecular weight excluding hydrogens is 326 g/mol. The monoisotopic (exact) mass is 353 g/mol. The molecule has 1 N–H and O–H groups in total. The van der Waals surface area contributed by atoms with Gasteiger partial charge in [0.25, 0.3) is 11.8 Å². The van der Waals surface area contributed by atoms with Gasteiger partial charge in [-0.05, 0) is 51.7 Å². The Morgan fingerprint density at radius 1 is 1.00 bits per heavy atom. The Balaban J connectivity index is 1.94. The summed E-state index contributed by atoms with van der Waals surface area (Å²) in [6.07, 6.45) is 2.80. The van der Waals surface area contributed by atoms with E-state index in [-0.39, 0.29) is 11.8 Å². The van der Waals surface area contributed by atoms with Gasteiger partial charge in [-0.2, -0.15) is 0 Å². The summed E-state index contributed by atoms with van der Waals surface area (Å²) in [5, 5.41) is 5.19. The lowest BCUT2D eigenvalue weighted by molar-refractivity contribution is 0.0608. The third kappa shape index (κ3) is 3.44. The zero-order valence-corrected chi connectivity index (χ0v) is 15.8. The summed E-state index contributed by atoms with van der Waals surface area (Å²) in [6.45, 7) is 4.40. The molecule has 1 aliphatic rings. The Labute approximate surface area is 155 Å². The molecule has 0 aliphatic carbocycles. The van der Waals surface area contributed by atoms with E-state index in [4.69, 9.17) is 0 Å². The molecule has 0 saturated heterocycles. The number of rotatable bonds is 8. The maximum absolute atomic E-state index is 12.8. The largest absolute Gasteiger partial charge is 0.384 e. The van der Waals surface area contributed by atoms with E-state index in [0.29, 0.717) is 17.7 Å². The summed E-state index contributed by atoms with van der Waals surface area (Å²) >= 11 is 0. The SMILES string of the molecule is CCCCN1C(=O)c2cccc3c(NCCCN(C)C)ccc(c23)C1=O. The van der Waals surface area contributed by atoms with Crippen LogP contribution in [-0.4, -0.2) is 55.3 Å². The number of anilines is 1. The van der Waals surface area contributed by atoms with Gasteiger partial charge in [0, 0.05) is 40.7 Å². The standard InChI is InChI=1S/C21H27N3O2/c1-4-5-14-24-20(25)16-9-6-8-15-18(22-12-7-13-23(2)3)11-10-17(19(15)16)21(24)26/h6,8-11,22H,4-5,7,12-14H2,1-3H3. The summed E-state index contributed by atoms with van der Waals surface area (Å²) in [5.41, 5.74) is 2.24. The number of carbonyl (C=O) groups is 2. The number of nitrogens with one attached hydrogen (secondary N) is 1. The average Bonchev–Trinajstić information content (AvgIpc) is 2.63. The fourth-order valence-corrected chi connectivity index (χ4v) is 3.44. The molecule has 0 saturated carbocycles. The van der Waals surface area contributed by atoms with Crippen molar-refractivity contribution in [3.05, 3.63) is 41.5 Å². The van der Waals surface area contributed by atoms with Crippen LogP contribution in [0.15, 0.2) is 30.3 Å². The van der Waals surface area contributed by atoms with Crippen LogP contribution in [0.4, 0.5) is 5.69 Å². The van der Waals surface area contributed by atoms with Gasteiger partial charge >= 0.3 is 0 Å². The van der Waals surface area contributed by atoms with Crippen molar-refractivity contribution in [1.82, 2.24) is 9.80 Å². The molecule has 0 aromatic heterocycles. The lowest BCUT2D eigenvalue weighted by atomic mass is 9.93. The molecule has 2 aromatic rings. The lowest BCUT2D eigenvalue weighted by Crippen LogP contribution is -2.40. The van der Waals surface area contributed by atoms with E-state index >= 15 is 0 Å². The maximum Gasteiger partial charge on any atom is 0.261 e. The zero-order valence-electron chi connectivity index (χ0n) is 15.8. The van der Waals surface area contributed by atoms with Crippen molar-refractivity contribution in [3.8, 4) is 0 Å². The van der Waals surface area contributed by atoms with E-state index in [9.17, 15) is 9.59 Å². The normalized spacial score (nSPS) is 13.8. The van der Waals surface area contributed by atoms with Gasteiger partial charge < -0.3 is 10.2 Å². The molecule has 0 bridgehead atoms. The Morgan fingerprint density at radius 3 is 2.42 bits per heavy atom. The predicted molar refractivity (Wildman–Crippen MR) is 106 cm³/mol. The molecule has 5 nitrogen and oxygen atoms in total. The number of unbranched alkanes of at least 4 members (excludes halogenated alkanes) is 1. The highest BCUT2D eigenvalue weighted by atomic mass is 16.2. The van der Waals surface area contributed by atoms with Crippen LogP contribution in [0.5, 0.6) is 0 Å². The van der Waals surface area contributed by atoms with Gasteiger partial charge in [-0.3, -0.25) is 14.5 Å². The van der Waals surface area contributed by atoms with Crippen molar-refractivity contribution in [1.29, 1.82) is 0 Å². The van der Waals surface area contributed by atoms with E-state index in [1.165, 1.54) is 4.90 Å². The minimum atomic E-state index is -0.175. The van der Waals surface area contributed by atoms with Crippen molar-refractivity contribution >= 4 is 28.3 Å². The van der Waals surface area contributed by atoms with Gasteiger partial charge in [0.05, 0.1) is 0 Å². The topological polar surface area (TPSA) is 52.7 Å². The number of carbonyl (C=O) groups excluding carboxylic acids is 2. The van der Waals surface area contributed by atoms with E-state index in [1.807, 2.05) is 30.3 Å². The molecule has 2 amide bonds. The smallest absolute Gasteiger partial charge is 0.261 e. The second-order valence-corrected chi connectivity index (χ2v) is 7.09. The number of nitrogens with zero attached hydrogens (tertiary/aromatic N) is 2. The van der Waals surface area contributed by atoms with Crippen LogP contribution in [0.1, 0.15) is 46.9 Å². The first-order chi connectivity index (χ1) is 12.5. The van der Waals surface area contributed by atoms with E-state index in [2.05, 4.69) is 31.2 Å². The molecule has 0 fully saturated rings. The van der Waals surface area contributed by atoms with Crippen molar-refractivity contribution in [2.75, 3.05) is 39.0 Å². The summed E-state index contributed by atoms with van der Waals surface area (Å²) in [5.74, 6) is -0.349. The summed E-state index contributed by atoms with van der Waals surface area (Å²) < 4.78 is 0. The minimum Gasteiger partial charge on any atom is -0.384 e. The van der Waals surface area contributed by atoms with Gasteiger partial charge in [-0.1, -0.05) is 25.5 Å². The predicted octanol–water partition coefficient (Wildman–Crippen LogP) is 3.60. The lowest BCUT2D eigenvalue weighted by Gasteiger charge is -2.27. The Bertz CT molecular complexity index is 807. The van der Waals surface area contributed by atoms with Crippen LogP contribution in [0.3, 0.4) is 0 Å². The fourth-order valence-electron chi connectivity index (χ4n) is 3.44. The van der Waals surface area contributed by atoms with Crippen LogP contribution in [0, 0.1) is 0 Å². The first-order valence-corrected chi connectivity index (χ1v) is 9.35. The molecule has 0 atom stereocenters. The van der Waals surface area contributed by atoms with Gasteiger partial charge in [0.1, 0.15) is 0 Å². The van der Waals surface area contributed by atoms with Crippen LogP contribution >= 0.6 is 0 Å². The molecule has 0 spiro atoms. The number of imide groups is 1. The molecule has 138 valence electrons. The number of hydrogen-bond donors (Lipinski definition) is 1. The van der Waals surface area contributed by atoms with Crippen LogP contribution in [0.2, 0.25) is 0 Å². The summed E-state index contributed by atoms with van der Waals surface area (Å²) in [4.78, 5) is 29.2. The Morgan fingerprint density at radius 2 is 1.73 bits per heavy atom.